The number of oxazole rings is 1. The zero-order chi connectivity index (χ0) is 18.3. The fourth-order valence-electron chi connectivity index (χ4n) is 3.79. The van der Waals surface area contributed by atoms with E-state index in [1.54, 1.807) is 13.2 Å². The number of nitrogens with zero attached hydrogens (tertiary/aromatic N) is 2. The Kier molecular flexibility index (Phi) is 5.77. The molecule has 2 fully saturated rings. The molecule has 8 heteroatoms. The number of likely N-dealkylation sites (tertiary alicyclic amines) is 1. The van der Waals surface area contributed by atoms with E-state index in [-0.39, 0.29) is 6.04 Å². The second kappa shape index (κ2) is 7.54. The van der Waals surface area contributed by atoms with E-state index in [1.807, 2.05) is 0 Å². The van der Waals surface area contributed by atoms with Gasteiger partial charge in [0.05, 0.1) is 6.04 Å². The van der Waals surface area contributed by atoms with Gasteiger partial charge in [-0.25, -0.2) is 4.98 Å². The van der Waals surface area contributed by atoms with Crippen LogP contribution < -0.4 is 0 Å². The van der Waals surface area contributed by atoms with Crippen molar-refractivity contribution in [2.75, 3.05) is 19.8 Å². The predicted molar refractivity (Wildman–Crippen MR) is 94.2 cm³/mol. The topological polar surface area (TPSA) is 99.2 Å². The summed E-state index contributed by atoms with van der Waals surface area (Å²) in [5, 5.41) is 30.5. The highest BCUT2D eigenvalue weighted by molar-refractivity contribution is 7.99. The Bertz CT molecular complexity index is 596. The fraction of sp³-hybridized carbons (Fsp3) is 0.824. The summed E-state index contributed by atoms with van der Waals surface area (Å²) < 4.78 is 11.7. The predicted octanol–water partition coefficient (Wildman–Crippen LogP) is 1.23. The van der Waals surface area contributed by atoms with E-state index in [0.29, 0.717) is 23.3 Å². The highest BCUT2D eigenvalue weighted by atomic mass is 32.2. The molecule has 142 valence electrons. The molecule has 3 heterocycles. The van der Waals surface area contributed by atoms with E-state index in [9.17, 15) is 15.3 Å². The average Bonchev–Trinajstić information content (AvgIpc) is 3.15. The molecule has 25 heavy (non-hydrogen) atoms. The Labute approximate surface area is 152 Å². The lowest BCUT2D eigenvalue weighted by Crippen LogP contribution is -2.53. The lowest BCUT2D eigenvalue weighted by atomic mass is 9.97. The SMILES string of the molecule is CC[C@@H]1C[C@@H](c2nc([C@H]3O[C@H](SC)[C@H](O)[C@@H](O)[C@H]3O)c(C)o2)N(C)C1. The molecule has 7 nitrogen and oxygen atoms in total. The molecule has 2 saturated heterocycles. The minimum atomic E-state index is -1.28. The average molecular weight is 372 g/mol. The van der Waals surface area contributed by atoms with Gasteiger partial charge in [-0.15, -0.1) is 11.8 Å². The summed E-state index contributed by atoms with van der Waals surface area (Å²) in [6.45, 7) is 4.99. The maximum absolute atomic E-state index is 10.4. The Morgan fingerprint density at radius 2 is 1.96 bits per heavy atom. The van der Waals surface area contributed by atoms with Crippen LogP contribution in [0.3, 0.4) is 0 Å². The maximum Gasteiger partial charge on any atom is 0.212 e. The molecular weight excluding hydrogens is 344 g/mol. The summed E-state index contributed by atoms with van der Waals surface area (Å²) in [6.07, 6.45) is -0.586. The van der Waals surface area contributed by atoms with Gasteiger partial charge in [0.15, 0.2) is 0 Å². The summed E-state index contributed by atoms with van der Waals surface area (Å²) in [5.74, 6) is 1.83. The first kappa shape index (κ1) is 19.1. The molecule has 2 aliphatic heterocycles. The van der Waals surface area contributed by atoms with Crippen molar-refractivity contribution in [3.05, 3.63) is 17.3 Å². The number of aliphatic hydroxyl groups is 3. The van der Waals surface area contributed by atoms with Crippen molar-refractivity contribution in [2.45, 2.75) is 62.6 Å². The monoisotopic (exact) mass is 372 g/mol. The third kappa shape index (κ3) is 3.48. The lowest BCUT2D eigenvalue weighted by Gasteiger charge is -2.39. The normalized spacial score (nSPS) is 39.9. The number of hydrogen-bond acceptors (Lipinski definition) is 8. The Morgan fingerprint density at radius 1 is 1.24 bits per heavy atom. The molecule has 0 saturated carbocycles. The molecule has 0 amide bonds. The Hall–Kier alpha value is -0.640. The first-order valence-corrected chi connectivity index (χ1v) is 10.1. The zero-order valence-electron chi connectivity index (χ0n) is 15.1. The second-order valence-electron chi connectivity index (χ2n) is 7.09. The van der Waals surface area contributed by atoms with E-state index >= 15 is 0 Å². The van der Waals surface area contributed by atoms with Crippen molar-refractivity contribution in [2.24, 2.45) is 5.92 Å². The first-order chi connectivity index (χ1) is 11.9. The van der Waals surface area contributed by atoms with Gasteiger partial charge in [0.2, 0.25) is 5.89 Å². The van der Waals surface area contributed by atoms with Crippen LogP contribution in [0.25, 0.3) is 0 Å². The fourth-order valence-corrected chi connectivity index (χ4v) is 4.47. The molecule has 0 radical (unpaired) electrons. The number of aliphatic hydroxyl groups excluding tert-OH is 3. The van der Waals surface area contributed by atoms with Crippen molar-refractivity contribution in [1.29, 1.82) is 0 Å². The van der Waals surface area contributed by atoms with E-state index in [2.05, 4.69) is 23.9 Å². The van der Waals surface area contributed by atoms with Crippen molar-refractivity contribution >= 4 is 11.8 Å². The number of thioether (sulfide) groups is 1. The van der Waals surface area contributed by atoms with Crippen molar-refractivity contribution in [1.82, 2.24) is 9.88 Å². The highest BCUT2D eigenvalue weighted by Gasteiger charge is 2.46. The van der Waals surface area contributed by atoms with Gasteiger partial charge in [-0.2, -0.15) is 0 Å². The zero-order valence-corrected chi connectivity index (χ0v) is 15.9. The number of rotatable bonds is 4. The van der Waals surface area contributed by atoms with Crippen molar-refractivity contribution in [3.63, 3.8) is 0 Å². The molecule has 1 aromatic rings. The van der Waals surface area contributed by atoms with Crippen LogP contribution >= 0.6 is 11.8 Å². The molecule has 3 N–H and O–H groups in total. The number of ether oxygens (including phenoxy) is 1. The summed E-state index contributed by atoms with van der Waals surface area (Å²) in [6, 6.07) is 0.116. The summed E-state index contributed by atoms with van der Waals surface area (Å²) >= 11 is 1.29. The standard InChI is InChI=1S/C17H28N2O5S/c1-5-9-6-10(19(3)7-9)16-18-11(8(2)23-16)15-13(21)12(20)14(22)17(24-15)25-4/h9-10,12-15,17,20-22H,5-7H2,1-4H3/t9-,10+,12+,13-,14-,15-,17-/m1/s1. The van der Waals surface area contributed by atoms with Crippen LogP contribution in [0.4, 0.5) is 0 Å². The summed E-state index contributed by atoms with van der Waals surface area (Å²) in [4.78, 5) is 6.86. The molecule has 7 atom stereocenters. The Balaban J connectivity index is 1.85. The van der Waals surface area contributed by atoms with Crippen LogP contribution in [0.5, 0.6) is 0 Å². The summed E-state index contributed by atoms with van der Waals surface area (Å²) in [5.41, 5.74) is -0.123. The third-order valence-electron chi connectivity index (χ3n) is 5.42. The smallest absolute Gasteiger partial charge is 0.212 e. The van der Waals surface area contributed by atoms with Gasteiger partial charge >= 0.3 is 0 Å². The van der Waals surface area contributed by atoms with Gasteiger partial charge in [0.25, 0.3) is 0 Å². The van der Waals surface area contributed by atoms with Crippen LogP contribution in [-0.2, 0) is 4.74 Å². The van der Waals surface area contributed by atoms with E-state index in [4.69, 9.17) is 9.15 Å². The number of hydrogen-bond donors (Lipinski definition) is 3. The molecule has 0 spiro atoms. The van der Waals surface area contributed by atoms with Gasteiger partial charge < -0.3 is 24.5 Å². The van der Waals surface area contributed by atoms with Crippen LogP contribution in [0.15, 0.2) is 4.42 Å². The summed E-state index contributed by atoms with van der Waals surface area (Å²) in [7, 11) is 2.06. The Morgan fingerprint density at radius 3 is 2.56 bits per heavy atom. The second-order valence-corrected chi connectivity index (χ2v) is 8.03. The third-order valence-corrected chi connectivity index (χ3v) is 6.27. The maximum atomic E-state index is 10.4. The van der Waals surface area contributed by atoms with Crippen LogP contribution in [0.2, 0.25) is 0 Å². The van der Waals surface area contributed by atoms with Gasteiger partial charge in [0, 0.05) is 6.54 Å². The molecule has 2 aliphatic rings. The molecule has 1 aromatic heterocycles. The van der Waals surface area contributed by atoms with Gasteiger partial charge in [-0.1, -0.05) is 13.3 Å². The molecule has 0 aromatic carbocycles. The van der Waals surface area contributed by atoms with E-state index in [1.165, 1.54) is 11.8 Å². The largest absolute Gasteiger partial charge is 0.444 e. The minimum absolute atomic E-state index is 0.116. The first-order valence-electron chi connectivity index (χ1n) is 8.77. The number of aromatic nitrogens is 1. The molecule has 3 rings (SSSR count). The highest BCUT2D eigenvalue weighted by Crippen LogP contribution is 2.40. The quantitative estimate of drug-likeness (QED) is 0.726. The van der Waals surface area contributed by atoms with Gasteiger partial charge in [0.1, 0.15) is 41.3 Å². The number of aryl methyl sites for hydroxylation is 1. The van der Waals surface area contributed by atoms with Crippen LogP contribution in [0.1, 0.15) is 49.3 Å². The van der Waals surface area contributed by atoms with E-state index < -0.39 is 29.9 Å². The molecule has 0 unspecified atom stereocenters. The molecule has 0 bridgehead atoms. The van der Waals surface area contributed by atoms with Crippen LogP contribution in [-0.4, -0.2) is 68.8 Å². The van der Waals surface area contributed by atoms with E-state index in [0.717, 1.165) is 19.4 Å². The lowest BCUT2D eigenvalue weighted by molar-refractivity contribution is -0.201. The molecular formula is C17H28N2O5S. The molecule has 0 aliphatic carbocycles. The minimum Gasteiger partial charge on any atom is -0.444 e. The van der Waals surface area contributed by atoms with Crippen molar-refractivity contribution in [3.8, 4) is 0 Å². The van der Waals surface area contributed by atoms with Gasteiger partial charge in [-0.05, 0) is 32.6 Å². The van der Waals surface area contributed by atoms with Gasteiger partial charge in [-0.3, -0.25) is 4.90 Å². The van der Waals surface area contributed by atoms with Crippen molar-refractivity contribution < 1.29 is 24.5 Å². The van der Waals surface area contributed by atoms with Crippen LogP contribution in [0, 0.1) is 12.8 Å².